The minimum absolute atomic E-state index is 0.0597. The molecule has 0 bridgehead atoms. The maximum absolute atomic E-state index is 12.5. The maximum Gasteiger partial charge on any atom is 0.240 e. The molecule has 2 rings (SSSR count). The van der Waals surface area contributed by atoms with E-state index in [4.69, 9.17) is 0 Å². The Bertz CT molecular complexity index is 616. The van der Waals surface area contributed by atoms with E-state index < -0.39 is 0 Å². The number of amides is 1. The molecule has 4 nitrogen and oxygen atoms in total. The Morgan fingerprint density at radius 3 is 2.27 bits per heavy atom. The van der Waals surface area contributed by atoms with Crippen LogP contribution in [0, 0.1) is 0 Å². The van der Waals surface area contributed by atoms with Gasteiger partial charge in [0, 0.05) is 18.0 Å². The molecule has 1 atom stereocenters. The summed E-state index contributed by atoms with van der Waals surface area (Å²) < 4.78 is 1.79. The largest absolute Gasteiger partial charge is 0.315 e. The zero-order valence-electron chi connectivity index (χ0n) is 13.0. The molecule has 22 heavy (non-hydrogen) atoms. The van der Waals surface area contributed by atoms with Crippen LogP contribution in [0.3, 0.4) is 0 Å². The van der Waals surface area contributed by atoms with Crippen molar-refractivity contribution in [2.45, 2.75) is 40.0 Å². The van der Waals surface area contributed by atoms with Crippen LogP contribution in [0.5, 0.6) is 0 Å². The summed E-state index contributed by atoms with van der Waals surface area (Å²) in [5.41, 5.74) is 0.897. The molecule has 1 unspecified atom stereocenters. The number of benzene rings is 1. The third-order valence-electron chi connectivity index (χ3n) is 2.82. The monoisotopic (exact) mass is 353 g/mol. The second kappa shape index (κ2) is 7.99. The molecule has 0 fully saturated rings. The van der Waals surface area contributed by atoms with Gasteiger partial charge in [-0.3, -0.25) is 4.79 Å². The summed E-state index contributed by atoms with van der Waals surface area (Å²) in [6.45, 7) is 6.16. The number of thioether (sulfide) groups is 2. The molecule has 0 aliphatic rings. The smallest absolute Gasteiger partial charge is 0.240 e. The van der Waals surface area contributed by atoms with Gasteiger partial charge < -0.3 is 4.90 Å². The third-order valence-corrected chi connectivity index (χ3v) is 6.01. The molecular formula is C15H19N3OS3. The number of para-hydroxylation sites is 1. The molecule has 0 spiro atoms. The Kier molecular flexibility index (Phi) is 6.28. The predicted octanol–water partition coefficient (Wildman–Crippen LogP) is 4.18. The summed E-state index contributed by atoms with van der Waals surface area (Å²) in [6.07, 6.45) is 0. The van der Waals surface area contributed by atoms with Gasteiger partial charge in [0.15, 0.2) is 8.68 Å². The van der Waals surface area contributed by atoms with Crippen molar-refractivity contribution in [1.29, 1.82) is 0 Å². The number of aromatic nitrogens is 2. The minimum Gasteiger partial charge on any atom is -0.315 e. The molecule has 118 valence electrons. The first-order valence-corrected chi connectivity index (χ1v) is 9.54. The fraction of sp³-hybridized carbons (Fsp3) is 0.400. The van der Waals surface area contributed by atoms with Crippen molar-refractivity contribution in [2.24, 2.45) is 0 Å². The molecule has 2 aromatic rings. The van der Waals surface area contributed by atoms with Crippen LogP contribution >= 0.6 is 34.9 Å². The van der Waals surface area contributed by atoms with Crippen molar-refractivity contribution in [1.82, 2.24) is 10.2 Å². The fourth-order valence-electron chi connectivity index (χ4n) is 1.75. The van der Waals surface area contributed by atoms with Crippen molar-refractivity contribution in [3.63, 3.8) is 0 Å². The number of hydrogen-bond acceptors (Lipinski definition) is 6. The highest BCUT2D eigenvalue weighted by Gasteiger charge is 2.21. The molecule has 0 N–H and O–H groups in total. The van der Waals surface area contributed by atoms with Crippen LogP contribution in [0.1, 0.15) is 20.8 Å². The second-order valence-corrected chi connectivity index (χ2v) is 9.38. The average Bonchev–Trinajstić information content (AvgIpc) is 2.92. The van der Waals surface area contributed by atoms with E-state index in [0.29, 0.717) is 5.25 Å². The van der Waals surface area contributed by atoms with Crippen LogP contribution < -0.4 is 4.90 Å². The summed E-state index contributed by atoms with van der Waals surface area (Å²) in [7, 11) is 1.80. The van der Waals surface area contributed by atoms with Gasteiger partial charge in [0.05, 0.1) is 5.25 Å². The van der Waals surface area contributed by atoms with Gasteiger partial charge in [0.25, 0.3) is 0 Å². The highest BCUT2D eigenvalue weighted by atomic mass is 32.2. The van der Waals surface area contributed by atoms with Crippen molar-refractivity contribution < 1.29 is 4.79 Å². The van der Waals surface area contributed by atoms with E-state index in [-0.39, 0.29) is 11.2 Å². The van der Waals surface area contributed by atoms with E-state index in [1.165, 1.54) is 11.8 Å². The van der Waals surface area contributed by atoms with E-state index in [0.717, 1.165) is 14.4 Å². The first-order chi connectivity index (χ1) is 10.5. The highest BCUT2D eigenvalue weighted by Crippen LogP contribution is 2.33. The number of anilines is 1. The molecule has 0 aliphatic heterocycles. The molecule has 0 aliphatic carbocycles. The van der Waals surface area contributed by atoms with Crippen LogP contribution in [0.25, 0.3) is 0 Å². The molecule has 1 heterocycles. The van der Waals surface area contributed by atoms with Crippen molar-refractivity contribution in [2.75, 3.05) is 11.9 Å². The van der Waals surface area contributed by atoms with E-state index in [2.05, 4.69) is 24.0 Å². The van der Waals surface area contributed by atoms with Gasteiger partial charge in [-0.05, 0) is 19.1 Å². The van der Waals surface area contributed by atoms with Gasteiger partial charge in [0.1, 0.15) is 0 Å². The Labute approximate surface area is 143 Å². The zero-order valence-corrected chi connectivity index (χ0v) is 15.5. The van der Waals surface area contributed by atoms with Gasteiger partial charge in [-0.2, -0.15) is 0 Å². The number of carbonyl (C=O) groups is 1. The Hall–Kier alpha value is -1.05. The Balaban J connectivity index is 1.98. The van der Waals surface area contributed by atoms with Crippen molar-refractivity contribution in [3.8, 4) is 0 Å². The van der Waals surface area contributed by atoms with Gasteiger partial charge in [-0.25, -0.2) is 0 Å². The van der Waals surface area contributed by atoms with Gasteiger partial charge in [-0.1, -0.05) is 66.9 Å². The average molecular weight is 354 g/mol. The first-order valence-electron chi connectivity index (χ1n) is 6.97. The second-order valence-electron chi connectivity index (χ2n) is 4.99. The number of nitrogens with zero attached hydrogens (tertiary/aromatic N) is 3. The number of rotatable bonds is 6. The van der Waals surface area contributed by atoms with Crippen LogP contribution in [0.2, 0.25) is 0 Å². The van der Waals surface area contributed by atoms with Gasteiger partial charge in [0.2, 0.25) is 5.91 Å². The van der Waals surface area contributed by atoms with Crippen LogP contribution in [-0.4, -0.2) is 33.7 Å². The van der Waals surface area contributed by atoms with Crippen LogP contribution in [0.15, 0.2) is 39.0 Å². The van der Waals surface area contributed by atoms with E-state index in [1.54, 1.807) is 35.0 Å². The lowest BCUT2D eigenvalue weighted by atomic mass is 10.3. The number of carbonyl (C=O) groups excluding carboxylic acids is 1. The van der Waals surface area contributed by atoms with Crippen molar-refractivity contribution >= 4 is 46.5 Å². The van der Waals surface area contributed by atoms with Gasteiger partial charge >= 0.3 is 0 Å². The molecule has 0 radical (unpaired) electrons. The maximum atomic E-state index is 12.5. The van der Waals surface area contributed by atoms with E-state index in [1.807, 2.05) is 37.3 Å². The molecular weight excluding hydrogens is 334 g/mol. The standard InChI is InChI=1S/C15H19N3OS3/c1-10(2)20-14-16-17-15(22-14)21-11(3)13(19)18(4)12-8-6-5-7-9-12/h5-11H,1-4H3. The lowest BCUT2D eigenvalue weighted by Gasteiger charge is -2.20. The van der Waals surface area contributed by atoms with E-state index in [9.17, 15) is 4.79 Å². The quantitative estimate of drug-likeness (QED) is 0.729. The SMILES string of the molecule is CC(C)Sc1nnc(SC(C)C(=O)N(C)c2ccccc2)s1. The van der Waals surface area contributed by atoms with Crippen molar-refractivity contribution in [3.05, 3.63) is 30.3 Å². The summed E-state index contributed by atoms with van der Waals surface area (Å²) in [6, 6.07) is 9.65. The topological polar surface area (TPSA) is 46.1 Å². The summed E-state index contributed by atoms with van der Waals surface area (Å²) in [4.78, 5) is 14.2. The van der Waals surface area contributed by atoms with Crippen LogP contribution in [0.4, 0.5) is 5.69 Å². The summed E-state index contributed by atoms with van der Waals surface area (Å²) in [5, 5.41) is 8.60. The molecule has 1 amide bonds. The Morgan fingerprint density at radius 1 is 1.09 bits per heavy atom. The highest BCUT2D eigenvalue weighted by molar-refractivity contribution is 8.04. The summed E-state index contributed by atoms with van der Waals surface area (Å²) >= 11 is 4.70. The lowest BCUT2D eigenvalue weighted by molar-refractivity contribution is -0.117. The zero-order chi connectivity index (χ0) is 16.1. The van der Waals surface area contributed by atoms with Gasteiger partial charge in [-0.15, -0.1) is 10.2 Å². The lowest BCUT2D eigenvalue weighted by Crippen LogP contribution is -2.33. The molecule has 1 aromatic carbocycles. The Morgan fingerprint density at radius 2 is 1.68 bits per heavy atom. The predicted molar refractivity (Wildman–Crippen MR) is 96.1 cm³/mol. The molecule has 7 heteroatoms. The van der Waals surface area contributed by atoms with Crippen LogP contribution in [-0.2, 0) is 4.79 Å². The molecule has 0 saturated heterocycles. The van der Waals surface area contributed by atoms with E-state index >= 15 is 0 Å². The fourth-order valence-corrected chi connectivity index (χ4v) is 5.23. The summed E-state index contributed by atoms with van der Waals surface area (Å²) in [5.74, 6) is 0.0597. The first kappa shape index (κ1) is 17.3. The third kappa shape index (κ3) is 4.72. The molecule has 1 aromatic heterocycles. The normalized spacial score (nSPS) is 12.4. The molecule has 0 saturated carbocycles. The minimum atomic E-state index is -0.199. The number of hydrogen-bond donors (Lipinski definition) is 0.